The molecule has 2 fully saturated rings. The molecule has 1 aromatic carbocycles. The Labute approximate surface area is 236 Å². The van der Waals surface area contributed by atoms with Gasteiger partial charge in [0, 0.05) is 25.3 Å². The smallest absolute Gasteiger partial charge is 0.249 e. The van der Waals surface area contributed by atoms with Crippen LogP contribution in [0, 0.1) is 11.8 Å². The summed E-state index contributed by atoms with van der Waals surface area (Å²) in [6, 6.07) is 5.79. The second-order valence-electron chi connectivity index (χ2n) is 11.2. The van der Waals surface area contributed by atoms with Crippen LogP contribution in [0.3, 0.4) is 0 Å². The van der Waals surface area contributed by atoms with Crippen LogP contribution in [-0.2, 0) is 19.1 Å². The van der Waals surface area contributed by atoms with Crippen LogP contribution in [0.5, 0.6) is 5.75 Å². The van der Waals surface area contributed by atoms with Gasteiger partial charge in [-0.2, -0.15) is 0 Å². The third kappa shape index (κ3) is 4.25. The van der Waals surface area contributed by atoms with Gasteiger partial charge in [-0.05, 0) is 51.0 Å². The zero-order valence-electron chi connectivity index (χ0n) is 23.9. The number of nitrogens with zero attached hydrogens (tertiary/aromatic N) is 3. The van der Waals surface area contributed by atoms with E-state index in [9.17, 15) is 19.5 Å². The summed E-state index contributed by atoms with van der Waals surface area (Å²) in [4.78, 5) is 48.0. The molecular weight excluding hydrogens is 510 g/mol. The first-order chi connectivity index (χ1) is 19.3. The predicted molar refractivity (Wildman–Crippen MR) is 151 cm³/mol. The fourth-order valence-corrected chi connectivity index (χ4v) is 6.98. The Balaban J connectivity index is 1.61. The summed E-state index contributed by atoms with van der Waals surface area (Å²) in [5, 5.41) is 10.1. The monoisotopic (exact) mass is 551 g/mol. The minimum Gasteiger partial charge on any atom is -0.494 e. The fourth-order valence-electron chi connectivity index (χ4n) is 6.98. The first-order valence-corrected chi connectivity index (χ1v) is 14.6. The summed E-state index contributed by atoms with van der Waals surface area (Å²) >= 11 is 0. The Kier molecular flexibility index (Phi) is 7.81. The quantitative estimate of drug-likeness (QED) is 0.474. The molecule has 3 amide bonds. The molecule has 1 unspecified atom stereocenters. The lowest BCUT2D eigenvalue weighted by molar-refractivity contribution is -0.155. The van der Waals surface area contributed by atoms with Crippen LogP contribution in [0.4, 0.5) is 5.69 Å². The average molecular weight is 552 g/mol. The first-order valence-electron chi connectivity index (χ1n) is 14.6. The van der Waals surface area contributed by atoms with Gasteiger partial charge in [0.1, 0.15) is 17.4 Å². The van der Waals surface area contributed by atoms with Crippen LogP contribution in [0.15, 0.2) is 48.6 Å². The van der Waals surface area contributed by atoms with Crippen LogP contribution in [0.25, 0.3) is 0 Å². The molecule has 4 aliphatic rings. The minimum absolute atomic E-state index is 0.197. The summed E-state index contributed by atoms with van der Waals surface area (Å²) in [6.45, 7) is 9.24. The summed E-state index contributed by atoms with van der Waals surface area (Å²) in [5.74, 6) is -1.76. The van der Waals surface area contributed by atoms with E-state index in [1.54, 1.807) is 16.7 Å². The lowest BCUT2D eigenvalue weighted by Gasteiger charge is -2.40. The molecule has 4 heterocycles. The van der Waals surface area contributed by atoms with E-state index in [0.717, 1.165) is 12.8 Å². The normalized spacial score (nSPS) is 32.1. The molecule has 9 heteroatoms. The van der Waals surface area contributed by atoms with Crippen molar-refractivity contribution in [2.24, 2.45) is 11.8 Å². The SMILES string of the molecule is CCCCN1CC=C[C@]23O[C@@]4(CC)C=CCN(c5ccc(OCC)cc5)C(=O)[C@H]4[C@H]2C(=O)N([C@H](C)CO)C3C1=O. The molecule has 9 nitrogen and oxygen atoms in total. The number of carbonyl (C=O) groups is 3. The zero-order valence-corrected chi connectivity index (χ0v) is 23.9. The van der Waals surface area contributed by atoms with E-state index in [2.05, 4.69) is 6.92 Å². The lowest BCUT2D eigenvalue weighted by Crippen LogP contribution is -2.58. The van der Waals surface area contributed by atoms with Crippen molar-refractivity contribution in [1.29, 1.82) is 0 Å². The number of carbonyl (C=O) groups excluding carboxylic acids is 3. The highest BCUT2D eigenvalue weighted by Gasteiger charge is 2.75. The standard InChI is InChI=1S/C31H41N3O6/c1-5-8-17-32-18-10-16-31-25(28(37)34(21(4)20-35)26(31)29(32)38)24-27(36)33(19-9-15-30(24,6-2)40-31)22-11-13-23(14-12-22)39-7-3/h9-16,21,24-26,35H,5-8,17-20H2,1-4H3/t21-,24-,25+,26?,30+,31+/m1/s1. The third-order valence-electron chi connectivity index (χ3n) is 8.94. The number of ether oxygens (including phenoxy) is 2. The maximum absolute atomic E-state index is 14.5. The van der Waals surface area contributed by atoms with E-state index in [1.807, 2.05) is 62.4 Å². The second kappa shape index (κ2) is 11.0. The van der Waals surface area contributed by atoms with Gasteiger partial charge in [0.05, 0.1) is 36.7 Å². The summed E-state index contributed by atoms with van der Waals surface area (Å²) in [7, 11) is 0. The highest BCUT2D eigenvalue weighted by Crippen LogP contribution is 2.59. The number of amides is 3. The van der Waals surface area contributed by atoms with Crippen LogP contribution in [-0.4, -0.2) is 88.8 Å². The van der Waals surface area contributed by atoms with E-state index >= 15 is 0 Å². The summed E-state index contributed by atoms with van der Waals surface area (Å²) in [5.41, 5.74) is -1.67. The molecule has 1 aromatic rings. The number of benzene rings is 1. The number of likely N-dealkylation sites (tertiary alicyclic amines) is 1. The van der Waals surface area contributed by atoms with E-state index in [1.165, 1.54) is 4.90 Å². The van der Waals surface area contributed by atoms with Gasteiger partial charge in [0.2, 0.25) is 17.7 Å². The number of aliphatic hydroxyl groups is 1. The van der Waals surface area contributed by atoms with Crippen LogP contribution >= 0.6 is 0 Å². The van der Waals surface area contributed by atoms with Crippen molar-refractivity contribution in [1.82, 2.24) is 9.80 Å². The molecule has 40 heavy (non-hydrogen) atoms. The van der Waals surface area contributed by atoms with Crippen LogP contribution in [0.2, 0.25) is 0 Å². The maximum atomic E-state index is 14.5. The van der Waals surface area contributed by atoms with Gasteiger partial charge >= 0.3 is 0 Å². The molecule has 1 N–H and O–H groups in total. The Morgan fingerprint density at radius 1 is 1.00 bits per heavy atom. The Morgan fingerprint density at radius 2 is 1.73 bits per heavy atom. The van der Waals surface area contributed by atoms with Crippen LogP contribution < -0.4 is 9.64 Å². The summed E-state index contributed by atoms with van der Waals surface area (Å²) in [6.07, 6.45) is 9.87. The molecule has 0 bridgehead atoms. The van der Waals surface area contributed by atoms with Crippen molar-refractivity contribution < 1.29 is 29.0 Å². The van der Waals surface area contributed by atoms with Gasteiger partial charge in [-0.25, -0.2) is 0 Å². The predicted octanol–water partition coefficient (Wildman–Crippen LogP) is 2.93. The van der Waals surface area contributed by atoms with Crippen LogP contribution in [0.1, 0.15) is 47.0 Å². The number of unbranched alkanes of at least 4 members (excludes halogenated alkanes) is 1. The van der Waals surface area contributed by atoms with Gasteiger partial charge in [-0.3, -0.25) is 14.4 Å². The Hall–Kier alpha value is -3.17. The largest absolute Gasteiger partial charge is 0.494 e. The van der Waals surface area contributed by atoms with Crippen molar-refractivity contribution in [3.63, 3.8) is 0 Å². The Bertz CT molecular complexity index is 1200. The fraction of sp³-hybridized carbons (Fsp3) is 0.581. The third-order valence-corrected chi connectivity index (χ3v) is 8.94. The van der Waals surface area contributed by atoms with Crippen molar-refractivity contribution in [3.8, 4) is 5.75 Å². The van der Waals surface area contributed by atoms with Gasteiger partial charge in [-0.15, -0.1) is 0 Å². The number of aliphatic hydroxyl groups excluding tert-OH is 1. The molecule has 5 rings (SSSR count). The minimum atomic E-state index is -1.32. The number of fused-ring (bicyclic) bond motifs is 2. The number of hydrogen-bond donors (Lipinski definition) is 1. The number of rotatable bonds is 9. The molecular formula is C31H41N3O6. The Morgan fingerprint density at radius 3 is 2.38 bits per heavy atom. The maximum Gasteiger partial charge on any atom is 0.249 e. The zero-order chi connectivity index (χ0) is 28.7. The molecule has 0 radical (unpaired) electrons. The van der Waals surface area contributed by atoms with Gasteiger partial charge in [-0.1, -0.05) is 44.6 Å². The van der Waals surface area contributed by atoms with Gasteiger partial charge in [0.15, 0.2) is 0 Å². The molecule has 0 aromatic heterocycles. The van der Waals surface area contributed by atoms with Crippen molar-refractivity contribution in [3.05, 3.63) is 48.6 Å². The average Bonchev–Trinajstić information content (AvgIpc) is 3.26. The van der Waals surface area contributed by atoms with Crippen molar-refractivity contribution in [2.45, 2.75) is 70.2 Å². The molecule has 6 atom stereocenters. The van der Waals surface area contributed by atoms with E-state index < -0.39 is 35.1 Å². The van der Waals surface area contributed by atoms with Gasteiger partial charge in [0.25, 0.3) is 0 Å². The topological polar surface area (TPSA) is 99.6 Å². The first kappa shape index (κ1) is 28.4. The second-order valence-corrected chi connectivity index (χ2v) is 11.2. The summed E-state index contributed by atoms with van der Waals surface area (Å²) < 4.78 is 12.5. The van der Waals surface area contributed by atoms with Gasteiger partial charge < -0.3 is 29.3 Å². The molecule has 0 aliphatic carbocycles. The lowest BCUT2D eigenvalue weighted by atomic mass is 9.73. The molecule has 2 saturated heterocycles. The van der Waals surface area contributed by atoms with E-state index in [-0.39, 0.29) is 24.3 Å². The number of anilines is 1. The molecule has 4 aliphatic heterocycles. The molecule has 216 valence electrons. The highest BCUT2D eigenvalue weighted by molar-refractivity contribution is 6.04. The number of hydrogen-bond acceptors (Lipinski definition) is 6. The van der Waals surface area contributed by atoms with E-state index in [4.69, 9.17) is 9.47 Å². The van der Waals surface area contributed by atoms with E-state index in [0.29, 0.717) is 44.1 Å². The highest BCUT2D eigenvalue weighted by atomic mass is 16.5. The van der Waals surface area contributed by atoms with Crippen molar-refractivity contribution in [2.75, 3.05) is 37.7 Å². The molecule has 1 spiro atoms. The molecule has 0 saturated carbocycles. The van der Waals surface area contributed by atoms with Crippen molar-refractivity contribution >= 4 is 23.4 Å².